The molecular formula is C27H30O3. The van der Waals surface area contributed by atoms with Crippen LogP contribution in [-0.2, 0) is 16.1 Å². The number of rotatable bonds is 6. The first-order valence-corrected chi connectivity index (χ1v) is 10.9. The van der Waals surface area contributed by atoms with E-state index in [4.69, 9.17) is 14.2 Å². The van der Waals surface area contributed by atoms with Gasteiger partial charge in [0.2, 0.25) is 0 Å². The fourth-order valence-corrected chi connectivity index (χ4v) is 4.25. The molecule has 2 aromatic carbocycles. The highest BCUT2D eigenvalue weighted by Gasteiger charge is 2.37. The molecule has 2 aliphatic rings. The van der Waals surface area contributed by atoms with Gasteiger partial charge in [-0.1, -0.05) is 49.3 Å². The summed E-state index contributed by atoms with van der Waals surface area (Å²) in [6.45, 7) is 6.04. The first kappa shape index (κ1) is 20.7. The molecule has 0 unspecified atom stereocenters. The van der Waals surface area contributed by atoms with Gasteiger partial charge in [-0.3, -0.25) is 0 Å². The molecule has 1 aliphatic carbocycles. The van der Waals surface area contributed by atoms with Crippen LogP contribution in [0, 0.1) is 11.8 Å². The monoisotopic (exact) mass is 402 g/mol. The molecule has 0 aromatic heterocycles. The van der Waals surface area contributed by atoms with Crippen LogP contribution in [0.5, 0.6) is 5.75 Å². The van der Waals surface area contributed by atoms with Crippen molar-refractivity contribution in [1.29, 1.82) is 0 Å². The summed E-state index contributed by atoms with van der Waals surface area (Å²) in [5.41, 5.74) is 5.06. The second-order valence-electron chi connectivity index (χ2n) is 7.95. The smallest absolute Gasteiger partial charge is 0.172 e. The molecule has 0 amide bonds. The lowest BCUT2D eigenvalue weighted by Gasteiger charge is -2.30. The third kappa shape index (κ3) is 4.78. The van der Waals surface area contributed by atoms with E-state index in [1.54, 1.807) is 0 Å². The fourth-order valence-electron chi connectivity index (χ4n) is 4.25. The lowest BCUT2D eigenvalue weighted by atomic mass is 9.89. The maximum Gasteiger partial charge on any atom is 0.172 e. The van der Waals surface area contributed by atoms with Crippen molar-refractivity contribution in [2.24, 2.45) is 0 Å². The van der Waals surface area contributed by atoms with E-state index >= 15 is 0 Å². The van der Waals surface area contributed by atoms with E-state index in [9.17, 15) is 0 Å². The zero-order valence-corrected chi connectivity index (χ0v) is 17.9. The van der Waals surface area contributed by atoms with Crippen LogP contribution in [0.1, 0.15) is 62.1 Å². The van der Waals surface area contributed by atoms with Gasteiger partial charge in [0.05, 0.1) is 13.2 Å². The molecule has 4 rings (SSSR count). The standard InChI is InChI=1S/C27H30O3/c1-3-6-22(4-2)23-9-11-26(12-10-23)28-20-21-7-5-8-25(19-21)24-13-15-27(16-14-24)29-17-18-30-27/h5,7-13,19,22H,4,14-18,20H2,1-2H3/t22-/m1/s1. The molecule has 0 N–H and O–H groups in total. The molecule has 0 saturated carbocycles. The fraction of sp³-hybridized carbons (Fsp3) is 0.407. The number of hydrogen-bond acceptors (Lipinski definition) is 3. The molecule has 1 atom stereocenters. The van der Waals surface area contributed by atoms with Crippen LogP contribution < -0.4 is 4.74 Å². The van der Waals surface area contributed by atoms with Crippen LogP contribution in [0.2, 0.25) is 0 Å². The Balaban J connectivity index is 1.38. The molecule has 3 nitrogen and oxygen atoms in total. The van der Waals surface area contributed by atoms with Crippen molar-refractivity contribution in [3.05, 3.63) is 71.3 Å². The molecule has 1 fully saturated rings. The number of allylic oxidation sites excluding steroid dienone is 1. The van der Waals surface area contributed by atoms with Gasteiger partial charge < -0.3 is 14.2 Å². The molecule has 156 valence electrons. The summed E-state index contributed by atoms with van der Waals surface area (Å²) < 4.78 is 17.7. The normalized spacial score (nSPS) is 18.4. The van der Waals surface area contributed by atoms with Crippen LogP contribution in [0.3, 0.4) is 0 Å². The van der Waals surface area contributed by atoms with Crippen molar-refractivity contribution in [2.45, 2.75) is 57.8 Å². The summed E-state index contributed by atoms with van der Waals surface area (Å²) in [6, 6.07) is 17.0. The Morgan fingerprint density at radius 3 is 2.57 bits per heavy atom. The van der Waals surface area contributed by atoms with Crippen LogP contribution in [0.15, 0.2) is 54.6 Å². The van der Waals surface area contributed by atoms with E-state index in [2.05, 4.69) is 61.2 Å². The van der Waals surface area contributed by atoms with Gasteiger partial charge in [-0.15, -0.1) is 5.92 Å². The second kappa shape index (κ2) is 9.51. The average Bonchev–Trinajstić information content (AvgIpc) is 3.25. The van der Waals surface area contributed by atoms with Gasteiger partial charge in [0.1, 0.15) is 12.4 Å². The Hall–Kier alpha value is -2.54. The third-order valence-corrected chi connectivity index (χ3v) is 5.96. The zero-order valence-electron chi connectivity index (χ0n) is 17.9. The Bertz CT molecular complexity index is 940. The minimum atomic E-state index is -0.365. The largest absolute Gasteiger partial charge is 0.489 e. The molecule has 1 aliphatic heterocycles. The quantitative estimate of drug-likeness (QED) is 0.547. The number of benzene rings is 2. The minimum Gasteiger partial charge on any atom is -0.489 e. The van der Waals surface area contributed by atoms with E-state index in [1.165, 1.54) is 22.3 Å². The highest BCUT2D eigenvalue weighted by molar-refractivity contribution is 5.67. The molecule has 3 heteroatoms. The van der Waals surface area contributed by atoms with Crippen molar-refractivity contribution in [2.75, 3.05) is 13.2 Å². The van der Waals surface area contributed by atoms with Gasteiger partial charge in [-0.25, -0.2) is 0 Å². The summed E-state index contributed by atoms with van der Waals surface area (Å²) in [4.78, 5) is 0. The Morgan fingerprint density at radius 2 is 1.90 bits per heavy atom. The summed E-state index contributed by atoms with van der Waals surface area (Å²) in [5.74, 6) is 7.11. The highest BCUT2D eigenvalue weighted by Crippen LogP contribution is 2.38. The summed E-state index contributed by atoms with van der Waals surface area (Å²) in [6.07, 6.45) is 6.02. The molecular weight excluding hydrogens is 372 g/mol. The topological polar surface area (TPSA) is 27.7 Å². The van der Waals surface area contributed by atoms with Crippen molar-refractivity contribution in [3.63, 3.8) is 0 Å². The van der Waals surface area contributed by atoms with E-state index in [0.29, 0.717) is 25.7 Å². The van der Waals surface area contributed by atoms with Gasteiger partial charge in [0.15, 0.2) is 5.79 Å². The average molecular weight is 403 g/mol. The van der Waals surface area contributed by atoms with Crippen molar-refractivity contribution in [1.82, 2.24) is 0 Å². The predicted octanol–water partition coefficient (Wildman–Crippen LogP) is 6.09. The number of ether oxygens (including phenoxy) is 3. The number of hydrogen-bond donors (Lipinski definition) is 0. The molecule has 0 bridgehead atoms. The maximum absolute atomic E-state index is 6.04. The second-order valence-corrected chi connectivity index (χ2v) is 7.95. The van der Waals surface area contributed by atoms with Crippen molar-refractivity contribution in [3.8, 4) is 17.6 Å². The Morgan fingerprint density at radius 1 is 1.10 bits per heavy atom. The van der Waals surface area contributed by atoms with Crippen LogP contribution in [0.4, 0.5) is 0 Å². The Labute approximate surface area is 180 Å². The van der Waals surface area contributed by atoms with Gasteiger partial charge in [0, 0.05) is 18.8 Å². The summed E-state index contributed by atoms with van der Waals surface area (Å²) in [5, 5.41) is 0. The van der Waals surface area contributed by atoms with Crippen LogP contribution >= 0.6 is 0 Å². The van der Waals surface area contributed by atoms with Gasteiger partial charge in [-0.2, -0.15) is 0 Å². The van der Waals surface area contributed by atoms with Crippen molar-refractivity contribution >= 4 is 5.57 Å². The van der Waals surface area contributed by atoms with E-state index in [-0.39, 0.29) is 5.79 Å². The van der Waals surface area contributed by atoms with E-state index < -0.39 is 0 Å². The molecule has 1 saturated heterocycles. The van der Waals surface area contributed by atoms with Gasteiger partial charge in [0.25, 0.3) is 0 Å². The summed E-state index contributed by atoms with van der Waals surface area (Å²) in [7, 11) is 0. The SMILES string of the molecule is CC#C[C@@H](CC)c1ccc(OCc2cccc(C3=CCC4(CC3)OCCO4)c2)cc1. The van der Waals surface area contributed by atoms with Crippen LogP contribution in [0.25, 0.3) is 5.57 Å². The third-order valence-electron chi connectivity index (χ3n) is 5.96. The minimum absolute atomic E-state index is 0.295. The maximum atomic E-state index is 6.04. The highest BCUT2D eigenvalue weighted by atomic mass is 16.7. The Kier molecular flexibility index (Phi) is 6.57. The molecule has 1 spiro atoms. The first-order valence-electron chi connectivity index (χ1n) is 10.9. The van der Waals surface area contributed by atoms with Crippen molar-refractivity contribution < 1.29 is 14.2 Å². The first-order chi connectivity index (χ1) is 14.7. The predicted molar refractivity (Wildman–Crippen MR) is 120 cm³/mol. The lowest BCUT2D eigenvalue weighted by Crippen LogP contribution is -2.31. The van der Waals surface area contributed by atoms with E-state index in [1.807, 2.05) is 19.1 Å². The molecule has 0 radical (unpaired) electrons. The molecule has 1 heterocycles. The molecule has 2 aromatic rings. The summed E-state index contributed by atoms with van der Waals surface area (Å²) >= 11 is 0. The van der Waals surface area contributed by atoms with Gasteiger partial charge in [-0.05, 0) is 60.2 Å². The van der Waals surface area contributed by atoms with Gasteiger partial charge >= 0.3 is 0 Å². The van der Waals surface area contributed by atoms with E-state index in [0.717, 1.165) is 31.4 Å². The lowest BCUT2D eigenvalue weighted by molar-refractivity contribution is -0.159. The van der Waals surface area contributed by atoms with Crippen LogP contribution in [-0.4, -0.2) is 19.0 Å². The molecule has 30 heavy (non-hydrogen) atoms. The zero-order chi connectivity index (χ0) is 20.8.